The van der Waals surface area contributed by atoms with Crippen LogP contribution in [0.25, 0.3) is 22.4 Å². The molecule has 0 spiro atoms. The van der Waals surface area contributed by atoms with Crippen LogP contribution in [-0.2, 0) is 15.1 Å². The summed E-state index contributed by atoms with van der Waals surface area (Å²) in [5.41, 5.74) is 11.4. The minimum absolute atomic E-state index is 0.00815. The van der Waals surface area contributed by atoms with Gasteiger partial charge in [-0.15, -0.1) is 0 Å². The number of nitrogens with one attached hydrogen (secondary N) is 2. The van der Waals surface area contributed by atoms with Gasteiger partial charge in [-0.2, -0.15) is 0 Å². The first-order valence-electron chi connectivity index (χ1n) is 13.5. The zero-order valence-electron chi connectivity index (χ0n) is 21.8. The molecule has 5 N–H and O–H groups in total. The first kappa shape index (κ1) is 26.1. The van der Waals surface area contributed by atoms with Crippen LogP contribution < -0.4 is 16.4 Å². The van der Waals surface area contributed by atoms with Gasteiger partial charge in [0.2, 0.25) is 11.8 Å². The molecule has 2 aromatic carbocycles. The van der Waals surface area contributed by atoms with E-state index in [9.17, 15) is 14.7 Å². The van der Waals surface area contributed by atoms with Gasteiger partial charge < -0.3 is 21.5 Å². The van der Waals surface area contributed by atoms with Crippen LogP contribution in [0.15, 0.2) is 66.9 Å². The number of nitrogens with zero attached hydrogens (tertiary/aromatic N) is 1. The van der Waals surface area contributed by atoms with E-state index in [4.69, 9.17) is 10.7 Å². The number of nitrogens with two attached hydrogens (primary N) is 1. The van der Waals surface area contributed by atoms with Gasteiger partial charge >= 0.3 is 0 Å². The number of aliphatic hydroxyl groups is 1. The molecule has 1 heterocycles. The molecule has 7 heteroatoms. The lowest BCUT2D eigenvalue weighted by molar-refractivity contribution is -0.120. The van der Waals surface area contributed by atoms with Gasteiger partial charge in [0.1, 0.15) is 0 Å². The Morgan fingerprint density at radius 3 is 2.32 bits per heavy atom. The molecule has 2 fully saturated rings. The van der Waals surface area contributed by atoms with Gasteiger partial charge in [-0.25, -0.2) is 0 Å². The van der Waals surface area contributed by atoms with Crippen LogP contribution in [0.4, 0.5) is 5.69 Å². The second-order valence-electron chi connectivity index (χ2n) is 11.0. The molecule has 0 atom stereocenters. The van der Waals surface area contributed by atoms with E-state index in [-0.39, 0.29) is 24.0 Å². The predicted octanol–water partition coefficient (Wildman–Crippen LogP) is 4.75. The van der Waals surface area contributed by atoms with Crippen LogP contribution in [0.5, 0.6) is 0 Å². The minimum atomic E-state index is -0.467. The lowest BCUT2D eigenvalue weighted by Crippen LogP contribution is -2.51. The Hall–Kier alpha value is -3.55. The van der Waals surface area contributed by atoms with Crippen LogP contribution in [0, 0.1) is 5.92 Å². The molecular weight excluding hydrogens is 476 g/mol. The molecule has 38 heavy (non-hydrogen) atoms. The average molecular weight is 513 g/mol. The van der Waals surface area contributed by atoms with E-state index in [0.29, 0.717) is 30.9 Å². The molecule has 2 aliphatic carbocycles. The Morgan fingerprint density at radius 1 is 1.00 bits per heavy atom. The van der Waals surface area contributed by atoms with Crippen molar-refractivity contribution >= 4 is 17.5 Å². The lowest BCUT2D eigenvalue weighted by atomic mass is 9.70. The summed E-state index contributed by atoms with van der Waals surface area (Å²) in [6.45, 7) is 1.55. The molecule has 0 aliphatic heterocycles. The summed E-state index contributed by atoms with van der Waals surface area (Å²) in [5.74, 6) is 0.317. The zero-order chi connectivity index (χ0) is 26.7. The van der Waals surface area contributed by atoms with Gasteiger partial charge in [-0.05, 0) is 61.6 Å². The van der Waals surface area contributed by atoms with E-state index in [1.807, 2.05) is 60.7 Å². The largest absolute Gasteiger partial charge is 0.393 e. The van der Waals surface area contributed by atoms with Crippen molar-refractivity contribution in [3.05, 3.63) is 72.4 Å². The van der Waals surface area contributed by atoms with Crippen LogP contribution in [0.2, 0.25) is 0 Å². The summed E-state index contributed by atoms with van der Waals surface area (Å²) in [6.07, 6.45) is 6.70. The molecule has 198 valence electrons. The summed E-state index contributed by atoms with van der Waals surface area (Å²) >= 11 is 0. The Bertz CT molecular complexity index is 1280. The number of aromatic nitrogens is 1. The molecule has 2 amide bonds. The fraction of sp³-hybridized carbons (Fsp3) is 0.387. The predicted molar refractivity (Wildman–Crippen MR) is 149 cm³/mol. The number of hydrogen-bond donors (Lipinski definition) is 4. The number of carbonyl (C=O) groups excluding carboxylic acids is 2. The SMILES string of the molecule is CC(=O)NC1CCC(CC(=O)Nc2cnc(-c3ccc(C4(N)CC(O)C4)cc3)c(-c3ccccc3)c2)CC1. The Labute approximate surface area is 223 Å². The maximum absolute atomic E-state index is 12.9. The van der Waals surface area contributed by atoms with Gasteiger partial charge in [0, 0.05) is 36.1 Å². The first-order valence-corrected chi connectivity index (χ1v) is 13.5. The van der Waals surface area contributed by atoms with Crippen molar-refractivity contribution in [3.8, 4) is 22.4 Å². The summed E-state index contributed by atoms with van der Waals surface area (Å²) in [4.78, 5) is 29.0. The van der Waals surface area contributed by atoms with Gasteiger partial charge in [0.25, 0.3) is 0 Å². The maximum Gasteiger partial charge on any atom is 0.224 e. The van der Waals surface area contributed by atoms with E-state index in [1.54, 1.807) is 13.1 Å². The monoisotopic (exact) mass is 512 g/mol. The van der Waals surface area contributed by atoms with E-state index < -0.39 is 5.54 Å². The zero-order valence-corrected chi connectivity index (χ0v) is 21.8. The van der Waals surface area contributed by atoms with E-state index in [0.717, 1.165) is 53.6 Å². The molecule has 0 radical (unpaired) electrons. The highest BCUT2D eigenvalue weighted by molar-refractivity contribution is 5.93. The number of anilines is 1. The minimum Gasteiger partial charge on any atom is -0.393 e. The van der Waals surface area contributed by atoms with Crippen molar-refractivity contribution < 1.29 is 14.7 Å². The van der Waals surface area contributed by atoms with Crippen molar-refractivity contribution in [2.45, 2.75) is 69.6 Å². The highest BCUT2D eigenvalue weighted by Gasteiger charge is 2.41. The molecule has 7 nitrogen and oxygen atoms in total. The first-order chi connectivity index (χ1) is 18.3. The number of pyridine rings is 1. The molecule has 5 rings (SSSR count). The highest BCUT2D eigenvalue weighted by atomic mass is 16.3. The van der Waals surface area contributed by atoms with Crippen LogP contribution >= 0.6 is 0 Å². The topological polar surface area (TPSA) is 117 Å². The number of hydrogen-bond acceptors (Lipinski definition) is 5. The number of aliphatic hydroxyl groups excluding tert-OH is 1. The van der Waals surface area contributed by atoms with Crippen molar-refractivity contribution in [2.24, 2.45) is 11.7 Å². The molecule has 3 aromatic rings. The third-order valence-corrected chi connectivity index (χ3v) is 7.92. The standard InChI is InChI=1S/C31H36N4O3/c1-20(36)34-25-13-7-21(8-14-25)15-29(38)35-26-16-28(22-5-3-2-4-6-22)30(33-19-26)23-9-11-24(12-10-23)31(32)17-27(37)18-31/h2-6,9-12,16,19,21,25,27,37H,7-8,13-15,17-18,32H2,1H3,(H,34,36)(H,35,38). The van der Waals surface area contributed by atoms with E-state index in [2.05, 4.69) is 10.6 Å². The second kappa shape index (κ2) is 11.1. The molecule has 0 saturated heterocycles. The van der Waals surface area contributed by atoms with Crippen LogP contribution in [0.1, 0.15) is 57.4 Å². The second-order valence-corrected chi connectivity index (χ2v) is 11.0. The average Bonchev–Trinajstić information content (AvgIpc) is 2.89. The molecule has 2 saturated carbocycles. The van der Waals surface area contributed by atoms with Crippen molar-refractivity contribution in [1.29, 1.82) is 0 Å². The Morgan fingerprint density at radius 2 is 1.68 bits per heavy atom. The number of benzene rings is 2. The Kier molecular flexibility index (Phi) is 7.58. The number of carbonyl (C=O) groups is 2. The molecular formula is C31H36N4O3. The maximum atomic E-state index is 12.9. The number of rotatable bonds is 7. The molecule has 0 unspecified atom stereocenters. The third kappa shape index (κ3) is 5.95. The molecule has 1 aromatic heterocycles. The van der Waals surface area contributed by atoms with Gasteiger partial charge in [-0.1, -0.05) is 54.6 Å². The highest BCUT2D eigenvalue weighted by Crippen LogP contribution is 2.40. The number of amides is 2. The van der Waals surface area contributed by atoms with Gasteiger partial charge in [0.05, 0.1) is 23.7 Å². The fourth-order valence-electron chi connectivity index (χ4n) is 5.85. The van der Waals surface area contributed by atoms with Gasteiger partial charge in [-0.3, -0.25) is 14.6 Å². The lowest BCUT2D eigenvalue weighted by Gasteiger charge is -2.42. The van der Waals surface area contributed by atoms with Crippen LogP contribution in [0.3, 0.4) is 0 Å². The molecule has 2 aliphatic rings. The Balaban J connectivity index is 1.31. The van der Waals surface area contributed by atoms with E-state index >= 15 is 0 Å². The normalized spacial score (nSPS) is 24.8. The summed E-state index contributed by atoms with van der Waals surface area (Å²) in [5, 5.41) is 15.8. The van der Waals surface area contributed by atoms with E-state index in [1.165, 1.54) is 0 Å². The van der Waals surface area contributed by atoms with Crippen molar-refractivity contribution in [3.63, 3.8) is 0 Å². The van der Waals surface area contributed by atoms with Crippen LogP contribution in [-0.4, -0.2) is 34.1 Å². The summed E-state index contributed by atoms with van der Waals surface area (Å²) in [7, 11) is 0. The fourth-order valence-corrected chi connectivity index (χ4v) is 5.85. The summed E-state index contributed by atoms with van der Waals surface area (Å²) in [6, 6.07) is 20.4. The van der Waals surface area contributed by atoms with Gasteiger partial charge in [0.15, 0.2) is 0 Å². The molecule has 0 bridgehead atoms. The van der Waals surface area contributed by atoms with Crippen molar-refractivity contribution in [2.75, 3.05) is 5.32 Å². The summed E-state index contributed by atoms with van der Waals surface area (Å²) < 4.78 is 0. The quantitative estimate of drug-likeness (QED) is 0.365. The smallest absolute Gasteiger partial charge is 0.224 e. The van der Waals surface area contributed by atoms with Crippen molar-refractivity contribution in [1.82, 2.24) is 10.3 Å². The third-order valence-electron chi connectivity index (χ3n) is 7.92.